The first-order valence-corrected chi connectivity index (χ1v) is 6.05. The molecule has 1 atom stereocenters. The molecule has 3 nitrogen and oxygen atoms in total. The van der Waals surface area contributed by atoms with Gasteiger partial charge in [-0.3, -0.25) is 0 Å². The summed E-state index contributed by atoms with van der Waals surface area (Å²) in [6.07, 6.45) is 2.47. The summed E-state index contributed by atoms with van der Waals surface area (Å²) in [7, 11) is 0. The van der Waals surface area contributed by atoms with Crippen LogP contribution >= 0.6 is 0 Å². The topological polar surface area (TPSA) is 38.5 Å². The minimum Gasteiger partial charge on any atom is -0.491 e. The third-order valence-electron chi connectivity index (χ3n) is 3.56. The van der Waals surface area contributed by atoms with Gasteiger partial charge in [0, 0.05) is 12.5 Å². The van der Waals surface area contributed by atoms with Crippen LogP contribution in [0.5, 0.6) is 5.75 Å². The summed E-state index contributed by atoms with van der Waals surface area (Å²) < 4.78 is 5.78. The molecule has 86 valence electrons. The van der Waals surface area contributed by atoms with Gasteiger partial charge in [0.25, 0.3) is 0 Å². The van der Waals surface area contributed by atoms with E-state index in [1.54, 1.807) is 0 Å². The largest absolute Gasteiger partial charge is 0.491 e. The Hall–Kier alpha value is -1.22. The van der Waals surface area contributed by atoms with Gasteiger partial charge < -0.3 is 15.4 Å². The molecule has 0 bridgehead atoms. The number of hydrogen-bond acceptors (Lipinski definition) is 3. The maximum atomic E-state index is 5.89. The summed E-state index contributed by atoms with van der Waals surface area (Å²) in [5.41, 5.74) is 7.94. The van der Waals surface area contributed by atoms with Crippen LogP contribution in [-0.2, 0) is 6.42 Å². The van der Waals surface area contributed by atoms with Crippen LogP contribution in [0, 0.1) is 5.92 Å². The molecule has 2 aliphatic heterocycles. The van der Waals surface area contributed by atoms with Crippen molar-refractivity contribution in [3.63, 3.8) is 0 Å². The van der Waals surface area contributed by atoms with E-state index in [9.17, 15) is 0 Å². The number of anilines is 1. The molecule has 0 amide bonds. The zero-order valence-electron chi connectivity index (χ0n) is 9.48. The lowest BCUT2D eigenvalue weighted by atomic mass is 9.95. The molecule has 0 spiro atoms. The molecule has 2 aliphatic rings. The van der Waals surface area contributed by atoms with Crippen molar-refractivity contribution in [2.75, 3.05) is 32.0 Å². The van der Waals surface area contributed by atoms with E-state index in [1.807, 2.05) is 12.1 Å². The summed E-state index contributed by atoms with van der Waals surface area (Å²) in [5.74, 6) is 1.55. The first-order valence-electron chi connectivity index (χ1n) is 6.05. The van der Waals surface area contributed by atoms with E-state index in [-0.39, 0.29) is 0 Å². The van der Waals surface area contributed by atoms with E-state index in [0.29, 0.717) is 5.92 Å². The second kappa shape index (κ2) is 3.98. The number of fused-ring (bicyclic) bond motifs is 1. The van der Waals surface area contributed by atoms with Crippen LogP contribution in [0.2, 0.25) is 0 Å². The highest BCUT2D eigenvalue weighted by atomic mass is 16.5. The third kappa shape index (κ3) is 1.76. The van der Waals surface area contributed by atoms with Gasteiger partial charge in [-0.05, 0) is 37.6 Å². The summed E-state index contributed by atoms with van der Waals surface area (Å²) in [6, 6.07) is 6.06. The Kier molecular flexibility index (Phi) is 2.48. The van der Waals surface area contributed by atoms with Crippen LogP contribution in [0.4, 0.5) is 5.69 Å². The number of hydrogen-bond donors (Lipinski definition) is 1. The van der Waals surface area contributed by atoms with E-state index in [4.69, 9.17) is 10.5 Å². The molecule has 1 fully saturated rings. The first-order chi connectivity index (χ1) is 7.83. The van der Waals surface area contributed by atoms with E-state index in [2.05, 4.69) is 11.0 Å². The van der Waals surface area contributed by atoms with E-state index >= 15 is 0 Å². The van der Waals surface area contributed by atoms with Gasteiger partial charge in [0.05, 0.1) is 12.3 Å². The van der Waals surface area contributed by atoms with Gasteiger partial charge in [0.15, 0.2) is 0 Å². The van der Waals surface area contributed by atoms with Gasteiger partial charge in [0.1, 0.15) is 5.75 Å². The molecular formula is C13H18N2O. The third-order valence-corrected chi connectivity index (χ3v) is 3.56. The van der Waals surface area contributed by atoms with Gasteiger partial charge in [-0.1, -0.05) is 12.1 Å². The average Bonchev–Trinajstić information content (AvgIpc) is 2.24. The van der Waals surface area contributed by atoms with E-state index in [0.717, 1.165) is 24.5 Å². The number of ether oxygens (including phenoxy) is 1. The smallest absolute Gasteiger partial charge is 0.145 e. The molecule has 2 heterocycles. The molecule has 0 aliphatic carbocycles. The van der Waals surface area contributed by atoms with Crippen molar-refractivity contribution in [2.45, 2.75) is 12.8 Å². The predicted molar refractivity (Wildman–Crippen MR) is 64.6 cm³/mol. The Morgan fingerprint density at radius 3 is 3.00 bits per heavy atom. The van der Waals surface area contributed by atoms with Crippen molar-refractivity contribution < 1.29 is 4.74 Å². The molecule has 1 aromatic carbocycles. The van der Waals surface area contributed by atoms with Crippen LogP contribution < -0.4 is 10.5 Å². The highest BCUT2D eigenvalue weighted by Gasteiger charge is 2.25. The number of nitrogen functional groups attached to an aromatic ring is 1. The standard InChI is InChI=1S/C13H18N2O/c14-12-4-1-3-11-7-10(9-16-13(11)12)8-15-5-2-6-15/h1,3-4,10H,2,5-9,14H2. The molecular weight excluding hydrogens is 200 g/mol. The Labute approximate surface area is 96.2 Å². The zero-order chi connectivity index (χ0) is 11.0. The Morgan fingerprint density at radius 1 is 1.38 bits per heavy atom. The molecule has 2 N–H and O–H groups in total. The molecule has 3 rings (SSSR count). The van der Waals surface area contributed by atoms with Gasteiger partial charge in [-0.2, -0.15) is 0 Å². The fraction of sp³-hybridized carbons (Fsp3) is 0.538. The number of nitrogens with zero attached hydrogens (tertiary/aromatic N) is 1. The molecule has 1 aromatic rings. The molecule has 0 aromatic heterocycles. The van der Waals surface area contributed by atoms with Crippen molar-refractivity contribution >= 4 is 5.69 Å². The monoisotopic (exact) mass is 218 g/mol. The number of benzene rings is 1. The predicted octanol–water partition coefficient (Wildman–Crippen LogP) is 1.53. The molecule has 1 unspecified atom stereocenters. The highest BCUT2D eigenvalue weighted by molar-refractivity contribution is 5.57. The molecule has 1 saturated heterocycles. The van der Waals surface area contributed by atoms with Crippen LogP contribution in [-0.4, -0.2) is 31.1 Å². The Bertz CT molecular complexity index is 388. The van der Waals surface area contributed by atoms with Gasteiger partial charge in [0.2, 0.25) is 0 Å². The fourth-order valence-electron chi connectivity index (χ4n) is 2.56. The maximum absolute atomic E-state index is 5.89. The summed E-state index contributed by atoms with van der Waals surface area (Å²) in [5, 5.41) is 0. The lowest BCUT2D eigenvalue weighted by Gasteiger charge is -2.36. The Morgan fingerprint density at radius 2 is 2.25 bits per heavy atom. The van der Waals surface area contributed by atoms with Crippen LogP contribution in [0.25, 0.3) is 0 Å². The number of para-hydroxylation sites is 1. The number of nitrogens with two attached hydrogens (primary N) is 1. The first kappa shape index (κ1) is 9.97. The minimum atomic E-state index is 0.634. The van der Waals surface area contributed by atoms with Crippen LogP contribution in [0.15, 0.2) is 18.2 Å². The second-order valence-corrected chi connectivity index (χ2v) is 4.87. The normalized spacial score (nSPS) is 24.4. The van der Waals surface area contributed by atoms with E-state index < -0.39 is 0 Å². The SMILES string of the molecule is Nc1cccc2c1OCC(CN1CCC1)C2. The lowest BCUT2D eigenvalue weighted by molar-refractivity contribution is 0.116. The van der Waals surface area contributed by atoms with Gasteiger partial charge >= 0.3 is 0 Å². The van der Waals surface area contributed by atoms with E-state index in [1.165, 1.54) is 31.6 Å². The van der Waals surface area contributed by atoms with Gasteiger partial charge in [-0.15, -0.1) is 0 Å². The highest BCUT2D eigenvalue weighted by Crippen LogP contribution is 2.33. The zero-order valence-corrected chi connectivity index (χ0v) is 9.48. The number of likely N-dealkylation sites (tertiary alicyclic amines) is 1. The summed E-state index contributed by atoms with van der Waals surface area (Å²) in [4.78, 5) is 2.51. The lowest BCUT2D eigenvalue weighted by Crippen LogP contribution is -2.43. The second-order valence-electron chi connectivity index (χ2n) is 4.87. The van der Waals surface area contributed by atoms with Crippen LogP contribution in [0.1, 0.15) is 12.0 Å². The number of rotatable bonds is 2. The average molecular weight is 218 g/mol. The molecule has 0 radical (unpaired) electrons. The quantitative estimate of drug-likeness (QED) is 0.765. The van der Waals surface area contributed by atoms with Crippen LogP contribution in [0.3, 0.4) is 0 Å². The van der Waals surface area contributed by atoms with Crippen molar-refractivity contribution in [3.8, 4) is 5.75 Å². The van der Waals surface area contributed by atoms with Crippen molar-refractivity contribution in [2.24, 2.45) is 5.92 Å². The maximum Gasteiger partial charge on any atom is 0.145 e. The van der Waals surface area contributed by atoms with Crippen molar-refractivity contribution in [1.82, 2.24) is 4.90 Å². The summed E-state index contributed by atoms with van der Waals surface area (Å²) >= 11 is 0. The fourth-order valence-corrected chi connectivity index (χ4v) is 2.56. The summed E-state index contributed by atoms with van der Waals surface area (Å²) in [6.45, 7) is 4.52. The molecule has 16 heavy (non-hydrogen) atoms. The van der Waals surface area contributed by atoms with Crippen molar-refractivity contribution in [1.29, 1.82) is 0 Å². The molecule has 3 heteroatoms. The van der Waals surface area contributed by atoms with Crippen molar-refractivity contribution in [3.05, 3.63) is 23.8 Å². The van der Waals surface area contributed by atoms with Gasteiger partial charge in [-0.25, -0.2) is 0 Å². The molecule has 0 saturated carbocycles. The Balaban J connectivity index is 1.70. The minimum absolute atomic E-state index is 0.634.